The molecule has 0 saturated carbocycles. The Balaban J connectivity index is 2.09. The molecular weight excluding hydrogens is 250 g/mol. The highest BCUT2D eigenvalue weighted by molar-refractivity contribution is 5.99. The quantitative estimate of drug-likeness (QED) is 0.659. The van der Waals surface area contributed by atoms with Gasteiger partial charge in [0.05, 0.1) is 11.3 Å². The van der Waals surface area contributed by atoms with E-state index in [1.165, 1.54) is 6.42 Å². The Morgan fingerprint density at radius 3 is 2.75 bits per heavy atom. The van der Waals surface area contributed by atoms with E-state index in [0.717, 1.165) is 31.8 Å². The number of para-hydroxylation sites is 1. The van der Waals surface area contributed by atoms with Crippen LogP contribution in [-0.2, 0) is 0 Å². The molecule has 1 heterocycles. The summed E-state index contributed by atoms with van der Waals surface area (Å²) in [6.07, 6.45) is 3.41. The lowest BCUT2D eigenvalue weighted by molar-refractivity contribution is 0.0759. The van der Waals surface area contributed by atoms with Crippen LogP contribution in [0.25, 0.3) is 0 Å². The van der Waals surface area contributed by atoms with Crippen LogP contribution < -0.4 is 11.3 Å². The maximum absolute atomic E-state index is 12.6. The first-order chi connectivity index (χ1) is 9.63. The second-order valence-corrected chi connectivity index (χ2v) is 5.92. The number of hydrogen-bond donors (Lipinski definition) is 2. The van der Waals surface area contributed by atoms with Gasteiger partial charge >= 0.3 is 0 Å². The Bertz CT molecular complexity index is 459. The van der Waals surface area contributed by atoms with Gasteiger partial charge in [-0.2, -0.15) is 0 Å². The van der Waals surface area contributed by atoms with Crippen LogP contribution in [-0.4, -0.2) is 23.9 Å². The molecule has 1 saturated heterocycles. The lowest BCUT2D eigenvalue weighted by Gasteiger charge is -2.22. The van der Waals surface area contributed by atoms with Crippen LogP contribution in [0.2, 0.25) is 0 Å². The van der Waals surface area contributed by atoms with Gasteiger partial charge in [0, 0.05) is 13.1 Å². The molecule has 0 bridgehead atoms. The van der Waals surface area contributed by atoms with Crippen molar-refractivity contribution in [2.75, 3.05) is 18.5 Å². The SMILES string of the molecule is CC(C)C1CCCN(C(=O)c2ccccc2NN)CC1. The van der Waals surface area contributed by atoms with Gasteiger partial charge in [-0.15, -0.1) is 0 Å². The summed E-state index contributed by atoms with van der Waals surface area (Å²) in [6.45, 7) is 6.24. The molecule has 0 aromatic heterocycles. The number of benzene rings is 1. The molecule has 1 atom stereocenters. The Labute approximate surface area is 121 Å². The minimum Gasteiger partial charge on any atom is -0.339 e. The zero-order chi connectivity index (χ0) is 14.5. The highest BCUT2D eigenvalue weighted by atomic mass is 16.2. The molecular formula is C16H25N3O. The van der Waals surface area contributed by atoms with Crippen LogP contribution in [0.1, 0.15) is 43.5 Å². The Morgan fingerprint density at radius 2 is 2.05 bits per heavy atom. The molecule has 0 aliphatic carbocycles. The molecule has 0 spiro atoms. The van der Waals surface area contributed by atoms with Gasteiger partial charge < -0.3 is 10.3 Å². The third kappa shape index (κ3) is 3.31. The second-order valence-electron chi connectivity index (χ2n) is 5.92. The smallest absolute Gasteiger partial charge is 0.256 e. The molecule has 20 heavy (non-hydrogen) atoms. The molecule has 0 radical (unpaired) electrons. The van der Waals surface area contributed by atoms with Gasteiger partial charge in [0.15, 0.2) is 0 Å². The van der Waals surface area contributed by atoms with Gasteiger partial charge in [-0.05, 0) is 43.2 Å². The zero-order valence-electron chi connectivity index (χ0n) is 12.4. The van der Waals surface area contributed by atoms with Gasteiger partial charge in [-0.25, -0.2) is 0 Å². The van der Waals surface area contributed by atoms with E-state index >= 15 is 0 Å². The number of hydrazine groups is 1. The van der Waals surface area contributed by atoms with Crippen LogP contribution in [0.15, 0.2) is 24.3 Å². The van der Waals surface area contributed by atoms with Crippen molar-refractivity contribution in [1.29, 1.82) is 0 Å². The standard InChI is InChI=1S/C16H25N3O/c1-12(2)13-6-5-10-19(11-9-13)16(20)14-7-3-4-8-15(14)18-17/h3-4,7-8,12-13,18H,5-6,9-11,17H2,1-2H3. The Morgan fingerprint density at radius 1 is 1.30 bits per heavy atom. The fraction of sp³-hybridized carbons (Fsp3) is 0.562. The molecule has 1 fully saturated rings. The van der Waals surface area contributed by atoms with E-state index in [2.05, 4.69) is 19.3 Å². The van der Waals surface area contributed by atoms with Gasteiger partial charge in [0.1, 0.15) is 0 Å². The number of rotatable bonds is 3. The third-order valence-electron chi connectivity index (χ3n) is 4.32. The molecule has 1 aliphatic heterocycles. The number of nitrogen functional groups attached to an aromatic ring is 1. The normalized spacial score (nSPS) is 19.8. The number of anilines is 1. The summed E-state index contributed by atoms with van der Waals surface area (Å²) in [7, 11) is 0. The van der Waals surface area contributed by atoms with Crippen LogP contribution in [0.4, 0.5) is 5.69 Å². The maximum atomic E-state index is 12.6. The molecule has 1 aromatic carbocycles. The molecule has 4 nitrogen and oxygen atoms in total. The molecule has 110 valence electrons. The highest BCUT2D eigenvalue weighted by Crippen LogP contribution is 2.26. The van der Waals surface area contributed by atoms with Crippen molar-refractivity contribution >= 4 is 11.6 Å². The average Bonchev–Trinajstić information content (AvgIpc) is 2.72. The monoisotopic (exact) mass is 275 g/mol. The van der Waals surface area contributed by atoms with E-state index in [1.54, 1.807) is 0 Å². The first kappa shape index (κ1) is 14.9. The number of nitrogens with two attached hydrogens (primary N) is 1. The number of hydrogen-bond acceptors (Lipinski definition) is 3. The first-order valence-corrected chi connectivity index (χ1v) is 7.48. The van der Waals surface area contributed by atoms with Crippen molar-refractivity contribution in [1.82, 2.24) is 4.90 Å². The van der Waals surface area contributed by atoms with Gasteiger partial charge in [0.2, 0.25) is 0 Å². The molecule has 4 heteroatoms. The molecule has 3 N–H and O–H groups in total. The number of amides is 1. The minimum atomic E-state index is 0.0861. The summed E-state index contributed by atoms with van der Waals surface area (Å²) in [5.41, 5.74) is 3.97. The number of carbonyl (C=O) groups excluding carboxylic acids is 1. The number of nitrogens with zero attached hydrogens (tertiary/aromatic N) is 1. The Hall–Kier alpha value is -1.55. The van der Waals surface area contributed by atoms with E-state index in [1.807, 2.05) is 29.2 Å². The summed E-state index contributed by atoms with van der Waals surface area (Å²) >= 11 is 0. The molecule has 1 amide bonds. The Kier molecular flexibility index (Phi) is 5.01. The van der Waals surface area contributed by atoms with Crippen molar-refractivity contribution < 1.29 is 4.79 Å². The fourth-order valence-electron chi connectivity index (χ4n) is 2.96. The topological polar surface area (TPSA) is 58.4 Å². The number of likely N-dealkylation sites (tertiary alicyclic amines) is 1. The second kappa shape index (κ2) is 6.75. The molecule has 1 unspecified atom stereocenters. The summed E-state index contributed by atoms with van der Waals surface area (Å²) < 4.78 is 0. The van der Waals surface area contributed by atoms with Crippen LogP contribution in [0, 0.1) is 11.8 Å². The highest BCUT2D eigenvalue weighted by Gasteiger charge is 2.24. The third-order valence-corrected chi connectivity index (χ3v) is 4.32. The van der Waals surface area contributed by atoms with E-state index in [-0.39, 0.29) is 5.91 Å². The predicted molar refractivity (Wildman–Crippen MR) is 82.3 cm³/mol. The summed E-state index contributed by atoms with van der Waals surface area (Å²) in [5, 5.41) is 0. The van der Waals surface area contributed by atoms with E-state index in [0.29, 0.717) is 17.2 Å². The van der Waals surface area contributed by atoms with Crippen LogP contribution >= 0.6 is 0 Å². The zero-order valence-corrected chi connectivity index (χ0v) is 12.4. The van der Waals surface area contributed by atoms with Gasteiger partial charge in [-0.1, -0.05) is 26.0 Å². The van der Waals surface area contributed by atoms with Crippen molar-refractivity contribution in [3.63, 3.8) is 0 Å². The fourth-order valence-corrected chi connectivity index (χ4v) is 2.96. The molecule has 1 aromatic rings. The minimum absolute atomic E-state index is 0.0861. The summed E-state index contributed by atoms with van der Waals surface area (Å²) in [4.78, 5) is 14.6. The van der Waals surface area contributed by atoms with Gasteiger partial charge in [0.25, 0.3) is 5.91 Å². The number of carbonyl (C=O) groups is 1. The van der Waals surface area contributed by atoms with E-state index < -0.39 is 0 Å². The van der Waals surface area contributed by atoms with Crippen molar-refractivity contribution in [2.45, 2.75) is 33.1 Å². The lowest BCUT2D eigenvalue weighted by Crippen LogP contribution is -2.33. The van der Waals surface area contributed by atoms with Crippen molar-refractivity contribution in [3.8, 4) is 0 Å². The largest absolute Gasteiger partial charge is 0.339 e. The van der Waals surface area contributed by atoms with Crippen LogP contribution in [0.5, 0.6) is 0 Å². The molecule has 2 rings (SSSR count). The lowest BCUT2D eigenvalue weighted by atomic mass is 9.89. The summed E-state index contributed by atoms with van der Waals surface area (Å²) in [6, 6.07) is 7.43. The number of nitrogens with one attached hydrogen (secondary N) is 1. The van der Waals surface area contributed by atoms with Crippen molar-refractivity contribution in [3.05, 3.63) is 29.8 Å². The van der Waals surface area contributed by atoms with E-state index in [9.17, 15) is 4.79 Å². The van der Waals surface area contributed by atoms with Crippen LogP contribution in [0.3, 0.4) is 0 Å². The first-order valence-electron chi connectivity index (χ1n) is 7.48. The average molecular weight is 275 g/mol. The maximum Gasteiger partial charge on any atom is 0.256 e. The van der Waals surface area contributed by atoms with E-state index in [4.69, 9.17) is 5.84 Å². The van der Waals surface area contributed by atoms with Crippen molar-refractivity contribution in [2.24, 2.45) is 17.7 Å². The molecule has 1 aliphatic rings. The summed E-state index contributed by atoms with van der Waals surface area (Å²) in [5.74, 6) is 7.01. The predicted octanol–water partition coefficient (Wildman–Crippen LogP) is 2.87. The van der Waals surface area contributed by atoms with Gasteiger partial charge in [-0.3, -0.25) is 10.6 Å².